The fourth-order valence-electron chi connectivity index (χ4n) is 3.32. The normalized spacial score (nSPS) is 27.8. The lowest BCUT2D eigenvalue weighted by atomic mass is 10.0. The fraction of sp³-hybridized carbons (Fsp3) is 0.500. The summed E-state index contributed by atoms with van der Waals surface area (Å²) in [7, 11) is 2.25. The minimum absolute atomic E-state index is 0.795. The zero-order valence-corrected chi connectivity index (χ0v) is 11.2. The van der Waals surface area contributed by atoms with Gasteiger partial charge in [-0.2, -0.15) is 0 Å². The molecule has 2 saturated heterocycles. The van der Waals surface area contributed by atoms with Crippen LogP contribution in [0.15, 0.2) is 36.9 Å². The van der Waals surface area contributed by atoms with Crippen molar-refractivity contribution in [3.05, 3.63) is 42.5 Å². The minimum Gasteiger partial charge on any atom is -0.301 e. The number of likely N-dealkylation sites (N-methyl/N-ethyl adjacent to an activating group) is 1. The summed E-state index contributed by atoms with van der Waals surface area (Å²) in [5, 5.41) is 0. The maximum Gasteiger partial charge on any atom is 0.0239 e. The second-order valence-electron chi connectivity index (χ2n) is 5.70. The molecule has 2 nitrogen and oxygen atoms in total. The molecule has 2 heterocycles. The van der Waals surface area contributed by atoms with Crippen LogP contribution in [0.4, 0.5) is 0 Å². The standard InChI is InChI=1S/C16H22N2/c1-13(14-6-4-3-5-7-14)8-9-18-12-15-10-16(18)11-17(15)2/h3-7,15-16H,1,8-12H2,2H3. The molecular formula is C16H22N2. The molecule has 18 heavy (non-hydrogen) atoms. The van der Waals surface area contributed by atoms with Crippen molar-refractivity contribution in [1.82, 2.24) is 9.80 Å². The molecule has 2 unspecified atom stereocenters. The van der Waals surface area contributed by atoms with Gasteiger partial charge < -0.3 is 4.90 Å². The van der Waals surface area contributed by atoms with Crippen LogP contribution in [0.2, 0.25) is 0 Å². The van der Waals surface area contributed by atoms with Crippen molar-refractivity contribution in [3.8, 4) is 0 Å². The molecule has 2 aliphatic rings. The van der Waals surface area contributed by atoms with E-state index in [2.05, 4.69) is 53.8 Å². The van der Waals surface area contributed by atoms with Crippen LogP contribution in [-0.4, -0.2) is 48.6 Å². The van der Waals surface area contributed by atoms with Gasteiger partial charge in [0, 0.05) is 31.7 Å². The van der Waals surface area contributed by atoms with Crippen LogP contribution in [0.25, 0.3) is 5.57 Å². The summed E-state index contributed by atoms with van der Waals surface area (Å²) < 4.78 is 0. The first-order valence-corrected chi connectivity index (χ1v) is 6.91. The van der Waals surface area contributed by atoms with Crippen LogP contribution in [0.1, 0.15) is 18.4 Å². The SMILES string of the molecule is C=C(CCN1CC2CC1CN2C)c1ccccc1. The zero-order valence-electron chi connectivity index (χ0n) is 11.2. The topological polar surface area (TPSA) is 6.48 Å². The van der Waals surface area contributed by atoms with Gasteiger partial charge in [0.1, 0.15) is 0 Å². The van der Waals surface area contributed by atoms with Crippen LogP contribution < -0.4 is 0 Å². The molecule has 2 bridgehead atoms. The van der Waals surface area contributed by atoms with E-state index in [1.165, 1.54) is 37.2 Å². The smallest absolute Gasteiger partial charge is 0.0239 e. The Hall–Kier alpha value is -1.12. The molecule has 1 aromatic rings. The van der Waals surface area contributed by atoms with Crippen molar-refractivity contribution in [3.63, 3.8) is 0 Å². The lowest BCUT2D eigenvalue weighted by Gasteiger charge is -2.32. The zero-order chi connectivity index (χ0) is 12.5. The number of nitrogens with zero attached hydrogens (tertiary/aromatic N) is 2. The molecule has 96 valence electrons. The fourth-order valence-corrected chi connectivity index (χ4v) is 3.32. The minimum atomic E-state index is 0.795. The number of piperazine rings is 1. The van der Waals surface area contributed by atoms with Gasteiger partial charge >= 0.3 is 0 Å². The number of hydrogen-bond donors (Lipinski definition) is 0. The monoisotopic (exact) mass is 242 g/mol. The third kappa shape index (κ3) is 2.23. The van der Waals surface area contributed by atoms with E-state index in [0.717, 1.165) is 18.5 Å². The maximum absolute atomic E-state index is 4.23. The summed E-state index contributed by atoms with van der Waals surface area (Å²) in [6, 6.07) is 12.2. The summed E-state index contributed by atoms with van der Waals surface area (Å²) in [6.07, 6.45) is 2.46. The molecule has 0 aliphatic carbocycles. The van der Waals surface area contributed by atoms with Crippen molar-refractivity contribution in [2.24, 2.45) is 0 Å². The number of fused-ring (bicyclic) bond motifs is 2. The molecule has 2 fully saturated rings. The molecular weight excluding hydrogens is 220 g/mol. The predicted octanol–water partition coefficient (Wildman–Crippen LogP) is 2.48. The highest BCUT2D eigenvalue weighted by Crippen LogP contribution is 2.30. The predicted molar refractivity (Wildman–Crippen MR) is 76.5 cm³/mol. The van der Waals surface area contributed by atoms with Crippen LogP contribution in [-0.2, 0) is 0 Å². The highest BCUT2D eigenvalue weighted by molar-refractivity contribution is 5.63. The molecule has 2 atom stereocenters. The van der Waals surface area contributed by atoms with Crippen molar-refractivity contribution in [2.45, 2.75) is 24.9 Å². The lowest BCUT2D eigenvalue weighted by Crippen LogP contribution is -2.44. The molecule has 2 heteroatoms. The molecule has 0 saturated carbocycles. The first kappa shape index (κ1) is 11.9. The van der Waals surface area contributed by atoms with Crippen LogP contribution in [0.3, 0.4) is 0 Å². The highest BCUT2D eigenvalue weighted by Gasteiger charge is 2.40. The van der Waals surface area contributed by atoms with Gasteiger partial charge in [0.25, 0.3) is 0 Å². The first-order valence-electron chi connectivity index (χ1n) is 6.91. The quantitative estimate of drug-likeness (QED) is 0.800. The Morgan fingerprint density at radius 1 is 1.22 bits per heavy atom. The van der Waals surface area contributed by atoms with E-state index in [0.29, 0.717) is 0 Å². The highest BCUT2D eigenvalue weighted by atomic mass is 15.3. The van der Waals surface area contributed by atoms with Crippen molar-refractivity contribution >= 4 is 5.57 Å². The summed E-state index contributed by atoms with van der Waals surface area (Å²) in [5.41, 5.74) is 2.56. The molecule has 3 rings (SSSR count). The molecule has 0 aromatic heterocycles. The average molecular weight is 242 g/mol. The van der Waals surface area contributed by atoms with E-state index in [1.807, 2.05) is 0 Å². The molecule has 0 spiro atoms. The molecule has 0 radical (unpaired) electrons. The van der Waals surface area contributed by atoms with Crippen molar-refractivity contribution < 1.29 is 0 Å². The Bertz CT molecular complexity index is 424. The summed E-state index contributed by atoms with van der Waals surface area (Å²) in [4.78, 5) is 5.16. The van der Waals surface area contributed by atoms with E-state index in [1.54, 1.807) is 0 Å². The number of likely N-dealkylation sites (tertiary alicyclic amines) is 2. The van der Waals surface area contributed by atoms with E-state index in [4.69, 9.17) is 0 Å². The van der Waals surface area contributed by atoms with Gasteiger partial charge in [0.15, 0.2) is 0 Å². The van der Waals surface area contributed by atoms with Crippen molar-refractivity contribution in [1.29, 1.82) is 0 Å². The third-order valence-electron chi connectivity index (χ3n) is 4.51. The van der Waals surface area contributed by atoms with Gasteiger partial charge in [-0.1, -0.05) is 36.9 Å². The third-order valence-corrected chi connectivity index (χ3v) is 4.51. The summed E-state index contributed by atoms with van der Waals surface area (Å²) in [6.45, 7) is 7.90. The Morgan fingerprint density at radius 3 is 2.61 bits per heavy atom. The van der Waals surface area contributed by atoms with Gasteiger partial charge in [-0.05, 0) is 31.0 Å². The van der Waals surface area contributed by atoms with Crippen LogP contribution in [0, 0.1) is 0 Å². The van der Waals surface area contributed by atoms with E-state index >= 15 is 0 Å². The van der Waals surface area contributed by atoms with Crippen molar-refractivity contribution in [2.75, 3.05) is 26.7 Å². The molecule has 0 N–H and O–H groups in total. The van der Waals surface area contributed by atoms with Crippen LogP contribution in [0.5, 0.6) is 0 Å². The van der Waals surface area contributed by atoms with E-state index in [9.17, 15) is 0 Å². The average Bonchev–Trinajstić information content (AvgIpc) is 2.95. The number of hydrogen-bond acceptors (Lipinski definition) is 2. The van der Waals surface area contributed by atoms with Crippen LogP contribution >= 0.6 is 0 Å². The molecule has 0 amide bonds. The molecule has 1 aromatic carbocycles. The van der Waals surface area contributed by atoms with Gasteiger partial charge in [-0.3, -0.25) is 4.90 Å². The Balaban J connectivity index is 1.53. The summed E-state index contributed by atoms with van der Waals surface area (Å²) >= 11 is 0. The first-order chi connectivity index (χ1) is 8.74. The number of benzene rings is 1. The van der Waals surface area contributed by atoms with Gasteiger partial charge in [-0.25, -0.2) is 0 Å². The van der Waals surface area contributed by atoms with E-state index in [-0.39, 0.29) is 0 Å². The second-order valence-corrected chi connectivity index (χ2v) is 5.70. The lowest BCUT2D eigenvalue weighted by molar-refractivity contribution is 0.152. The number of rotatable bonds is 4. The Kier molecular flexibility index (Phi) is 3.23. The van der Waals surface area contributed by atoms with Gasteiger partial charge in [0.2, 0.25) is 0 Å². The maximum atomic E-state index is 4.23. The molecule has 2 aliphatic heterocycles. The Morgan fingerprint density at radius 2 is 2.00 bits per heavy atom. The Labute approximate surface area is 110 Å². The summed E-state index contributed by atoms with van der Waals surface area (Å²) in [5.74, 6) is 0. The largest absolute Gasteiger partial charge is 0.301 e. The van der Waals surface area contributed by atoms with Gasteiger partial charge in [-0.15, -0.1) is 0 Å². The van der Waals surface area contributed by atoms with E-state index < -0.39 is 0 Å². The second kappa shape index (κ2) is 4.87. The van der Waals surface area contributed by atoms with Gasteiger partial charge in [0.05, 0.1) is 0 Å².